The molecule has 0 fully saturated rings. The summed E-state index contributed by atoms with van der Waals surface area (Å²) in [5.41, 5.74) is 26.7. The van der Waals surface area contributed by atoms with Crippen molar-refractivity contribution in [1.29, 1.82) is 0 Å². The lowest BCUT2D eigenvalue weighted by Gasteiger charge is -2.32. The Hall–Kier alpha value is -10.3. The Balaban J connectivity index is 0.000000119. The number of aliphatic hydroxyl groups is 6. The van der Waals surface area contributed by atoms with Crippen LogP contribution in [0.15, 0.2) is 195 Å². The molecule has 0 amide bonds. The summed E-state index contributed by atoms with van der Waals surface area (Å²) in [6, 6.07) is 45.7. The lowest BCUT2D eigenvalue weighted by molar-refractivity contribution is 0.0374. The maximum atomic E-state index is 11.3. The predicted molar refractivity (Wildman–Crippen MR) is 523 cm³/mol. The summed E-state index contributed by atoms with van der Waals surface area (Å²) in [7, 11) is 10.8. The molecule has 680 valence electrons. The number of aryl methyl sites for hydroxylation is 5. The Morgan fingerprint density at radius 3 is 1.28 bits per heavy atom. The number of pyridine rings is 5. The molecule has 20 rings (SSSR count). The van der Waals surface area contributed by atoms with Crippen LogP contribution in [0.3, 0.4) is 0 Å². The molecule has 5 aliphatic rings. The van der Waals surface area contributed by atoms with Crippen LogP contribution in [0.5, 0.6) is 0 Å². The van der Waals surface area contributed by atoms with Crippen LogP contribution in [0.1, 0.15) is 165 Å². The van der Waals surface area contributed by atoms with Crippen molar-refractivity contribution >= 4 is 77.7 Å². The van der Waals surface area contributed by atoms with Gasteiger partial charge >= 0.3 is 0 Å². The van der Waals surface area contributed by atoms with E-state index in [4.69, 9.17) is 23.2 Å². The van der Waals surface area contributed by atoms with Gasteiger partial charge in [-0.2, -0.15) is 0 Å². The minimum atomic E-state index is -1.10. The molecule has 10 aromatic heterocycles. The molecule has 0 aliphatic carbocycles. The van der Waals surface area contributed by atoms with Crippen LogP contribution >= 0.6 is 23.2 Å². The average molecular weight is 1790 g/mol. The summed E-state index contributed by atoms with van der Waals surface area (Å²) in [6.07, 6.45) is 21.5. The summed E-state index contributed by atoms with van der Waals surface area (Å²) in [5.74, 6) is 0. The van der Waals surface area contributed by atoms with E-state index < -0.39 is 28.5 Å². The minimum absolute atomic E-state index is 0.0379. The molecule has 5 aliphatic heterocycles. The highest BCUT2D eigenvalue weighted by Crippen LogP contribution is 2.44. The van der Waals surface area contributed by atoms with E-state index in [-0.39, 0.29) is 6.61 Å². The molecule has 0 radical (unpaired) electrons. The van der Waals surface area contributed by atoms with Gasteiger partial charge in [0.2, 0.25) is 0 Å². The third-order valence-corrected chi connectivity index (χ3v) is 28.9. The van der Waals surface area contributed by atoms with Crippen LogP contribution in [0.4, 0.5) is 0 Å². The molecule has 15 heterocycles. The van der Waals surface area contributed by atoms with Gasteiger partial charge in [0, 0.05) is 274 Å². The molecule has 5 aromatic carbocycles. The smallest absolute Gasteiger partial charge is 0.108 e. The largest absolute Gasteiger partial charge is 0.392 e. The summed E-state index contributed by atoms with van der Waals surface area (Å²) in [4.78, 5) is 32.6. The number of aliphatic hydroxyl groups excluding tert-OH is 2. The molecule has 6 N–H and O–H groups in total. The predicted octanol–water partition coefficient (Wildman–Crippen LogP) is 17.6. The van der Waals surface area contributed by atoms with Crippen LogP contribution in [0, 0.1) is 34.6 Å². The molecule has 0 spiro atoms. The second-order valence-corrected chi connectivity index (χ2v) is 39.3. The van der Waals surface area contributed by atoms with Crippen molar-refractivity contribution < 1.29 is 30.6 Å². The van der Waals surface area contributed by atoms with Gasteiger partial charge in [-0.25, -0.2) is 0 Å². The molecule has 15 aromatic rings. The number of rotatable bonds is 16. The van der Waals surface area contributed by atoms with Crippen LogP contribution < -0.4 is 0 Å². The number of nitrogens with zero attached hydrogens (tertiary/aromatic N) is 15. The van der Waals surface area contributed by atoms with Crippen molar-refractivity contribution in [1.82, 2.24) is 72.3 Å². The van der Waals surface area contributed by atoms with E-state index in [1.807, 2.05) is 89.2 Å². The number of halogens is 2. The van der Waals surface area contributed by atoms with E-state index in [9.17, 15) is 30.6 Å². The Morgan fingerprint density at radius 2 is 0.800 bits per heavy atom. The molecule has 21 nitrogen and oxygen atoms in total. The zero-order valence-electron chi connectivity index (χ0n) is 78.3. The first-order valence-electron chi connectivity index (χ1n) is 45.7. The molecular weight excluding hydrogens is 1660 g/mol. The number of fused-ring (bicyclic) bond motifs is 15. The highest BCUT2D eigenvalue weighted by molar-refractivity contribution is 6.31. The fourth-order valence-electron chi connectivity index (χ4n) is 20.5. The third-order valence-electron chi connectivity index (χ3n) is 28.3. The van der Waals surface area contributed by atoms with Crippen molar-refractivity contribution in [2.24, 2.45) is 0 Å². The van der Waals surface area contributed by atoms with E-state index in [1.54, 1.807) is 68.0 Å². The van der Waals surface area contributed by atoms with Gasteiger partial charge in [-0.05, 0) is 258 Å². The van der Waals surface area contributed by atoms with E-state index in [0.29, 0.717) is 55.4 Å². The summed E-state index contributed by atoms with van der Waals surface area (Å²) in [6.45, 7) is 33.0. The van der Waals surface area contributed by atoms with Crippen LogP contribution in [0.2, 0.25) is 10.0 Å². The molecule has 130 heavy (non-hydrogen) atoms. The van der Waals surface area contributed by atoms with Gasteiger partial charge in [0.25, 0.3) is 0 Å². The molecule has 23 heteroatoms. The maximum Gasteiger partial charge on any atom is 0.108 e. The van der Waals surface area contributed by atoms with Crippen LogP contribution in [0.25, 0.3) is 54.5 Å². The summed E-state index contributed by atoms with van der Waals surface area (Å²) >= 11 is 12.6. The second kappa shape index (κ2) is 38.1. The van der Waals surface area contributed by atoms with Crippen molar-refractivity contribution in [2.45, 2.75) is 221 Å². The average Bonchev–Trinajstić information content (AvgIpc) is 1.62. The second-order valence-electron chi connectivity index (χ2n) is 38.5. The standard InChI is InChI=1S/2C22H27N3O.2C21H24ClN3O.C21H25N3O2/c1-15-7-8-20-21(16(15)2)18-13-24(4)11-9-19(18)25(20)14-22(3,26)17-6-5-10-23-12-17;1-15-7-8-20-18(10-15)19-13-24(4)16(2)11-21(19)25(20)14-22(3,26)17-6-5-9-23-12-17;1-14-4-5-19-15(10-14)16-12-24(3)9-7-20(16)25(19)13-21(2,26)17-11-23-8-6-18(17)22;1-14-9-20-18(12-24(14)3)17-10-16(22)6-7-19(17)25(20)13-21(2,26)15-5-4-8-23-11-15;1-14-3-4-19-21(17(14)13-25)16-11-23(2)10-7-18(16)24(19)12-20(26)15-5-8-22-9-6-15/h5-8,10,12,26H,9,11,13-14H2,1-4H3;5-10,12,16,26H,11,13-14H2,1-4H3;4-6,8,10-11,26H,7,9,12-13H2,1-3H3;4-8,10-11,14,26H,9,12-13H2,1-3H3;3-6,8-9,20,25-26H,7,10-13H2,1-2H3. The first kappa shape index (κ1) is 92.9. The third kappa shape index (κ3) is 19.0. The fourth-order valence-corrected chi connectivity index (χ4v) is 20.9. The first-order chi connectivity index (χ1) is 62.1. The van der Waals surface area contributed by atoms with Crippen molar-refractivity contribution in [3.63, 3.8) is 0 Å². The lowest BCUT2D eigenvalue weighted by atomic mass is 9.96. The number of benzene rings is 5. The number of aromatic nitrogens is 10. The van der Waals surface area contributed by atoms with Crippen molar-refractivity contribution in [3.05, 3.63) is 323 Å². The normalized spacial score (nSPS) is 18.2. The maximum absolute atomic E-state index is 11.3. The monoisotopic (exact) mass is 1790 g/mol. The van der Waals surface area contributed by atoms with E-state index in [0.717, 1.165) is 139 Å². The van der Waals surface area contributed by atoms with Gasteiger partial charge in [-0.15, -0.1) is 0 Å². The Kier molecular flexibility index (Phi) is 27.2. The van der Waals surface area contributed by atoms with Crippen LogP contribution in [-0.4, -0.2) is 170 Å². The topological polar surface area (TPSA) is 227 Å². The molecule has 0 bridgehead atoms. The Bertz CT molecular complexity index is 6440. The lowest BCUT2D eigenvalue weighted by Crippen LogP contribution is -2.36. The summed E-state index contributed by atoms with van der Waals surface area (Å²) < 4.78 is 11.5. The van der Waals surface area contributed by atoms with Gasteiger partial charge < -0.3 is 68.2 Å². The molecule has 7 unspecified atom stereocenters. The molecule has 0 saturated heterocycles. The molecule has 7 atom stereocenters. The van der Waals surface area contributed by atoms with Gasteiger partial charge in [-0.3, -0.25) is 34.7 Å². The van der Waals surface area contributed by atoms with E-state index in [1.165, 1.54) is 117 Å². The number of hydrogen-bond acceptors (Lipinski definition) is 16. The Morgan fingerprint density at radius 1 is 0.408 bits per heavy atom. The number of likely N-dealkylation sites (N-methyl/N-ethyl adjacent to an activating group) is 5. The molecular formula is C107H127Cl2N15O6. The zero-order chi connectivity index (χ0) is 92.2. The summed E-state index contributed by atoms with van der Waals surface area (Å²) in [5, 5.41) is 73.3. The quantitative estimate of drug-likeness (QED) is 0.0529. The first-order valence-corrected chi connectivity index (χ1v) is 46.4. The van der Waals surface area contributed by atoms with Gasteiger partial charge in [0.1, 0.15) is 22.4 Å². The van der Waals surface area contributed by atoms with E-state index in [2.05, 4.69) is 222 Å². The number of hydrogen-bond donors (Lipinski definition) is 6. The fraction of sp³-hybridized carbons (Fsp3) is 0.393. The Labute approximate surface area is 774 Å². The van der Waals surface area contributed by atoms with Crippen molar-refractivity contribution in [3.8, 4) is 0 Å². The highest BCUT2D eigenvalue weighted by Gasteiger charge is 2.38. The van der Waals surface area contributed by atoms with Crippen LogP contribution in [-0.2, 0) is 127 Å². The van der Waals surface area contributed by atoms with E-state index >= 15 is 0 Å². The zero-order valence-corrected chi connectivity index (χ0v) is 79.8. The SMILES string of the molecule is CC1Cc2c(c3cc(Cl)ccc3n2CC(C)(O)c2cccnc2)CN1C.Cc1ccc2c(c1)c1c(n2CC(C)(O)c2cccnc2)CC(C)N(C)C1.Cc1ccc2c(c1)c1c(n2CC(C)(O)c2cnccc2Cl)CCN(C)C1.Cc1ccc2c(c1C)c1c(n2CC(C)(O)c2cccnc2)CCN(C)C1.Cc1ccc2c(c1CO)c1c(n2CC(O)c2ccncc2)CCN(C)C1. The van der Waals surface area contributed by atoms with Gasteiger partial charge in [0.15, 0.2) is 0 Å². The minimum Gasteiger partial charge on any atom is -0.392 e. The van der Waals surface area contributed by atoms with Crippen molar-refractivity contribution in [2.75, 3.05) is 54.9 Å². The van der Waals surface area contributed by atoms with Gasteiger partial charge in [0.05, 0.1) is 45.4 Å². The highest BCUT2D eigenvalue weighted by atomic mass is 35.5. The molecule has 0 saturated carbocycles. The van der Waals surface area contributed by atoms with Gasteiger partial charge in [-0.1, -0.05) is 76.8 Å².